The van der Waals surface area contributed by atoms with Crippen LogP contribution in [-0.2, 0) is 11.3 Å². The molecule has 0 aliphatic carbocycles. The van der Waals surface area contributed by atoms with E-state index in [9.17, 15) is 9.18 Å². The summed E-state index contributed by atoms with van der Waals surface area (Å²) in [7, 11) is 2.99. The quantitative estimate of drug-likeness (QED) is 0.652. The van der Waals surface area contributed by atoms with Gasteiger partial charge in [-0.15, -0.1) is 0 Å². The minimum Gasteiger partial charge on any atom is -0.494 e. The Labute approximate surface area is 165 Å². The normalized spacial score (nSPS) is 11.6. The molecular weight excluding hydrogens is 363 g/mol. The van der Waals surface area contributed by atoms with E-state index in [1.54, 1.807) is 19.2 Å². The Bertz CT molecular complexity index is 798. The van der Waals surface area contributed by atoms with Crippen LogP contribution in [0.3, 0.4) is 0 Å². The minimum absolute atomic E-state index is 0.0555. The van der Waals surface area contributed by atoms with E-state index in [-0.39, 0.29) is 30.1 Å². The van der Waals surface area contributed by atoms with Crippen LogP contribution in [0.15, 0.2) is 36.4 Å². The third-order valence-electron chi connectivity index (χ3n) is 4.25. The fraction of sp³-hybridized carbons (Fsp3) is 0.381. The van der Waals surface area contributed by atoms with E-state index in [0.29, 0.717) is 24.6 Å². The number of nitrogens with one attached hydrogen (secondary N) is 2. The van der Waals surface area contributed by atoms with Crippen LogP contribution in [0.1, 0.15) is 31.0 Å². The summed E-state index contributed by atoms with van der Waals surface area (Å²) in [6.07, 6.45) is 0. The van der Waals surface area contributed by atoms with Gasteiger partial charge in [0.25, 0.3) is 5.91 Å². The first kappa shape index (κ1) is 21.5. The Kier molecular flexibility index (Phi) is 8.07. The Hall–Kier alpha value is -2.80. The molecule has 28 heavy (non-hydrogen) atoms. The van der Waals surface area contributed by atoms with E-state index >= 15 is 0 Å². The predicted octanol–water partition coefficient (Wildman–Crippen LogP) is 3.21. The van der Waals surface area contributed by atoms with Crippen molar-refractivity contribution in [3.63, 3.8) is 0 Å². The lowest BCUT2D eigenvalue weighted by Gasteiger charge is -2.16. The lowest BCUT2D eigenvalue weighted by molar-refractivity contribution is -0.123. The highest BCUT2D eigenvalue weighted by Crippen LogP contribution is 2.28. The molecule has 1 unspecified atom stereocenters. The third-order valence-corrected chi connectivity index (χ3v) is 4.25. The topological polar surface area (TPSA) is 68.8 Å². The van der Waals surface area contributed by atoms with E-state index in [4.69, 9.17) is 14.2 Å². The molecule has 0 heterocycles. The van der Waals surface area contributed by atoms with E-state index in [0.717, 1.165) is 11.1 Å². The minimum atomic E-state index is -0.385. The molecule has 0 fully saturated rings. The molecule has 6 nitrogen and oxygen atoms in total. The number of ether oxygens (including phenoxy) is 3. The van der Waals surface area contributed by atoms with Crippen molar-refractivity contribution >= 4 is 5.91 Å². The maximum atomic E-state index is 13.9. The molecule has 0 aliphatic heterocycles. The number of rotatable bonds is 10. The van der Waals surface area contributed by atoms with Gasteiger partial charge < -0.3 is 24.8 Å². The maximum absolute atomic E-state index is 13.9. The van der Waals surface area contributed by atoms with Crippen molar-refractivity contribution < 1.29 is 23.4 Å². The fourth-order valence-corrected chi connectivity index (χ4v) is 2.67. The summed E-state index contributed by atoms with van der Waals surface area (Å²) in [5.41, 5.74) is 1.80. The van der Waals surface area contributed by atoms with Crippen LogP contribution in [0.4, 0.5) is 4.39 Å². The highest BCUT2D eigenvalue weighted by atomic mass is 19.1. The van der Waals surface area contributed by atoms with Crippen LogP contribution in [-0.4, -0.2) is 33.3 Å². The summed E-state index contributed by atoms with van der Waals surface area (Å²) in [5.74, 6) is 0.707. The number of amides is 1. The van der Waals surface area contributed by atoms with Crippen molar-refractivity contribution in [3.8, 4) is 17.2 Å². The maximum Gasteiger partial charge on any atom is 0.257 e. The van der Waals surface area contributed by atoms with E-state index in [2.05, 4.69) is 10.6 Å². The molecule has 2 N–H and O–H groups in total. The van der Waals surface area contributed by atoms with Crippen molar-refractivity contribution in [3.05, 3.63) is 53.3 Å². The van der Waals surface area contributed by atoms with E-state index in [1.165, 1.54) is 13.2 Å². The smallest absolute Gasteiger partial charge is 0.257 e. The number of carbonyl (C=O) groups excluding carboxylic acids is 1. The highest BCUT2D eigenvalue weighted by molar-refractivity contribution is 5.77. The van der Waals surface area contributed by atoms with Crippen molar-refractivity contribution in [2.75, 3.05) is 27.4 Å². The summed E-state index contributed by atoms with van der Waals surface area (Å²) in [6.45, 7) is 4.85. The first-order chi connectivity index (χ1) is 13.5. The molecule has 2 aromatic rings. The zero-order chi connectivity index (χ0) is 20.5. The molecule has 2 aromatic carbocycles. The Morgan fingerprint density at radius 3 is 2.43 bits per heavy atom. The highest BCUT2D eigenvalue weighted by Gasteiger charge is 2.11. The van der Waals surface area contributed by atoms with E-state index < -0.39 is 0 Å². The molecule has 0 aromatic heterocycles. The monoisotopic (exact) mass is 390 g/mol. The molecule has 0 bridgehead atoms. The first-order valence-electron chi connectivity index (χ1n) is 9.11. The van der Waals surface area contributed by atoms with Crippen molar-refractivity contribution in [1.29, 1.82) is 0 Å². The van der Waals surface area contributed by atoms with Crippen molar-refractivity contribution in [1.82, 2.24) is 10.6 Å². The zero-order valence-electron chi connectivity index (χ0n) is 16.7. The number of likely N-dealkylation sites (N-methyl/N-ethyl adjacent to an activating group) is 1. The predicted molar refractivity (Wildman–Crippen MR) is 105 cm³/mol. The molecule has 0 saturated carbocycles. The average Bonchev–Trinajstić information content (AvgIpc) is 2.70. The summed E-state index contributed by atoms with van der Waals surface area (Å²) in [4.78, 5) is 11.5. The molecule has 0 radical (unpaired) electrons. The second-order valence-electron chi connectivity index (χ2n) is 6.22. The van der Waals surface area contributed by atoms with Crippen LogP contribution < -0.4 is 24.8 Å². The second-order valence-corrected chi connectivity index (χ2v) is 6.22. The van der Waals surface area contributed by atoms with Gasteiger partial charge in [-0.25, -0.2) is 4.39 Å². The van der Waals surface area contributed by atoms with Crippen molar-refractivity contribution in [2.45, 2.75) is 26.4 Å². The molecule has 2 rings (SSSR count). The molecular formula is C21H27FN2O4. The van der Waals surface area contributed by atoms with Gasteiger partial charge in [0.2, 0.25) is 0 Å². The summed E-state index contributed by atoms with van der Waals surface area (Å²) in [6, 6.07) is 10.4. The standard InChI is InChI=1S/C21H27FN2O4/c1-5-23-21(25)13-28-19-8-6-15(10-20(19)27-4)12-24-14(2)16-7-9-18(26-3)17(22)11-16/h6-11,14,24H,5,12-13H2,1-4H3,(H,23,25). The number of hydrogen-bond acceptors (Lipinski definition) is 5. The summed E-state index contributed by atoms with van der Waals surface area (Å²) in [5, 5.41) is 6.02. The number of halogens is 1. The van der Waals surface area contributed by atoms with Gasteiger partial charge in [-0.2, -0.15) is 0 Å². The molecule has 1 atom stereocenters. The second kappa shape index (κ2) is 10.5. The molecule has 0 aliphatic rings. The largest absolute Gasteiger partial charge is 0.494 e. The number of benzene rings is 2. The van der Waals surface area contributed by atoms with E-state index in [1.807, 2.05) is 32.0 Å². The zero-order valence-corrected chi connectivity index (χ0v) is 16.7. The fourth-order valence-electron chi connectivity index (χ4n) is 2.67. The first-order valence-corrected chi connectivity index (χ1v) is 9.11. The molecule has 1 amide bonds. The van der Waals surface area contributed by atoms with Gasteiger partial charge in [0.15, 0.2) is 29.7 Å². The molecule has 0 saturated heterocycles. The van der Waals surface area contributed by atoms with Gasteiger partial charge in [0.05, 0.1) is 14.2 Å². The molecule has 0 spiro atoms. The number of hydrogen-bond donors (Lipinski definition) is 2. The van der Waals surface area contributed by atoms with Gasteiger partial charge in [-0.1, -0.05) is 12.1 Å². The summed E-state index contributed by atoms with van der Waals surface area (Å²) < 4.78 is 29.7. The van der Waals surface area contributed by atoms with Crippen LogP contribution >= 0.6 is 0 Å². The lowest BCUT2D eigenvalue weighted by Crippen LogP contribution is -2.28. The Balaban J connectivity index is 1.98. The van der Waals surface area contributed by atoms with Gasteiger partial charge >= 0.3 is 0 Å². The Morgan fingerprint density at radius 2 is 1.79 bits per heavy atom. The summed E-state index contributed by atoms with van der Waals surface area (Å²) >= 11 is 0. The number of methoxy groups -OCH3 is 2. The SMILES string of the molecule is CCNC(=O)COc1ccc(CNC(C)c2ccc(OC)c(F)c2)cc1OC. The van der Waals surface area contributed by atoms with Gasteiger partial charge in [-0.05, 0) is 49.2 Å². The van der Waals surface area contributed by atoms with Crippen LogP contribution in [0.2, 0.25) is 0 Å². The van der Waals surface area contributed by atoms with Gasteiger partial charge in [0.1, 0.15) is 0 Å². The van der Waals surface area contributed by atoms with Crippen LogP contribution in [0.5, 0.6) is 17.2 Å². The van der Waals surface area contributed by atoms with Gasteiger partial charge in [-0.3, -0.25) is 4.79 Å². The molecule has 7 heteroatoms. The van der Waals surface area contributed by atoms with Crippen LogP contribution in [0, 0.1) is 5.82 Å². The van der Waals surface area contributed by atoms with Gasteiger partial charge in [0, 0.05) is 19.1 Å². The van der Waals surface area contributed by atoms with Crippen LogP contribution in [0.25, 0.3) is 0 Å². The molecule has 152 valence electrons. The number of carbonyl (C=O) groups is 1. The lowest BCUT2D eigenvalue weighted by atomic mass is 10.1. The van der Waals surface area contributed by atoms with Crippen molar-refractivity contribution in [2.24, 2.45) is 0 Å². The third kappa shape index (κ3) is 5.85. The Morgan fingerprint density at radius 1 is 1.07 bits per heavy atom. The average molecular weight is 390 g/mol.